The molecule has 1 aliphatic rings. The summed E-state index contributed by atoms with van der Waals surface area (Å²) in [5, 5.41) is 15.6. The zero-order valence-corrected chi connectivity index (χ0v) is 17.6. The minimum Gasteiger partial charge on any atom is -0.478 e. The van der Waals surface area contributed by atoms with Crippen LogP contribution < -0.4 is 0 Å². The molecular formula is C24H28N2O4. The number of fused-ring (bicyclic) bond motifs is 1. The molecule has 0 saturated carbocycles. The fourth-order valence-corrected chi connectivity index (χ4v) is 3.50. The normalized spacial score (nSPS) is 13.7. The van der Waals surface area contributed by atoms with E-state index in [1.807, 2.05) is 12.3 Å². The molecule has 0 fully saturated rings. The van der Waals surface area contributed by atoms with Crippen LogP contribution in [0, 0.1) is 0 Å². The number of carboxylic acid groups (broad SMARTS) is 2. The lowest BCUT2D eigenvalue weighted by atomic mass is 9.89. The summed E-state index contributed by atoms with van der Waals surface area (Å²) in [6.07, 6.45) is 5.24. The quantitative estimate of drug-likeness (QED) is 0.676. The van der Waals surface area contributed by atoms with Crippen LogP contribution in [0.5, 0.6) is 0 Å². The number of rotatable bonds is 7. The number of nitrogens with zero attached hydrogens (tertiary/aromatic N) is 2. The maximum Gasteiger partial charge on any atom is 0.328 e. The van der Waals surface area contributed by atoms with Gasteiger partial charge in [-0.1, -0.05) is 42.8 Å². The minimum atomic E-state index is -1.26. The lowest BCUT2D eigenvalue weighted by Crippen LogP contribution is -2.14. The number of pyridine rings is 1. The molecule has 1 atom stereocenters. The van der Waals surface area contributed by atoms with Crippen LogP contribution in [0.2, 0.25) is 0 Å². The van der Waals surface area contributed by atoms with Crippen molar-refractivity contribution in [1.29, 1.82) is 0 Å². The van der Waals surface area contributed by atoms with E-state index in [0.29, 0.717) is 18.1 Å². The lowest BCUT2D eigenvalue weighted by molar-refractivity contribution is -0.134. The lowest BCUT2D eigenvalue weighted by Gasteiger charge is -2.18. The van der Waals surface area contributed by atoms with Crippen molar-refractivity contribution in [3.8, 4) is 0 Å². The highest BCUT2D eigenvalue weighted by molar-refractivity contribution is 5.89. The maximum atomic E-state index is 9.55. The third kappa shape index (κ3) is 6.67. The molecule has 158 valence electrons. The van der Waals surface area contributed by atoms with Crippen LogP contribution in [0.1, 0.15) is 36.1 Å². The molecule has 0 amide bonds. The molecule has 1 aliphatic carbocycles. The minimum absolute atomic E-state index is 0.349. The van der Waals surface area contributed by atoms with E-state index < -0.39 is 11.9 Å². The number of aromatic nitrogens is 1. The van der Waals surface area contributed by atoms with Gasteiger partial charge in [-0.25, -0.2) is 9.59 Å². The number of hydrogen-bond acceptors (Lipinski definition) is 4. The van der Waals surface area contributed by atoms with Gasteiger partial charge in [0.05, 0.1) is 0 Å². The van der Waals surface area contributed by atoms with Gasteiger partial charge in [-0.2, -0.15) is 0 Å². The summed E-state index contributed by atoms with van der Waals surface area (Å²) < 4.78 is 0. The first kappa shape index (κ1) is 23.0. The van der Waals surface area contributed by atoms with E-state index in [9.17, 15) is 9.59 Å². The Morgan fingerprint density at radius 3 is 2.27 bits per heavy atom. The number of benzene rings is 1. The van der Waals surface area contributed by atoms with Gasteiger partial charge >= 0.3 is 11.9 Å². The van der Waals surface area contributed by atoms with Crippen molar-refractivity contribution in [2.24, 2.45) is 0 Å². The maximum absolute atomic E-state index is 9.55. The van der Waals surface area contributed by atoms with Gasteiger partial charge < -0.3 is 15.1 Å². The Morgan fingerprint density at radius 2 is 1.70 bits per heavy atom. The van der Waals surface area contributed by atoms with Crippen LogP contribution in [-0.2, 0) is 16.0 Å². The van der Waals surface area contributed by atoms with E-state index in [0.717, 1.165) is 25.1 Å². The summed E-state index contributed by atoms with van der Waals surface area (Å²) in [5.41, 5.74) is 7.13. The molecule has 1 aromatic carbocycles. The molecule has 0 spiro atoms. The predicted octanol–water partition coefficient (Wildman–Crippen LogP) is 3.86. The summed E-state index contributed by atoms with van der Waals surface area (Å²) in [5.74, 6) is -2.16. The first-order valence-electron chi connectivity index (χ1n) is 9.79. The molecule has 0 saturated heterocycles. The standard InChI is InChI=1S/C20H24N2.C4H4O4/c1-15(19-10-6-7-12-21-19)20-17(11-13-22(2)3)14-16-8-4-5-9-18(16)20;5-3(6)1-2-4(7)8/h4-10,12,15H,11,13-14H2,1-3H3;1-2H,(H,5,6)(H,7,8)/b;2-1+/t15-;/m1./s1. The van der Waals surface area contributed by atoms with E-state index in [-0.39, 0.29) is 0 Å². The van der Waals surface area contributed by atoms with Crippen LogP contribution in [0.25, 0.3) is 5.57 Å². The molecule has 0 unspecified atom stereocenters. The van der Waals surface area contributed by atoms with Crippen molar-refractivity contribution < 1.29 is 19.8 Å². The average Bonchev–Trinajstić information content (AvgIpc) is 3.09. The molecule has 0 aliphatic heterocycles. The molecule has 1 aromatic heterocycles. The Labute approximate surface area is 177 Å². The van der Waals surface area contributed by atoms with Crippen LogP contribution in [0.15, 0.2) is 66.4 Å². The van der Waals surface area contributed by atoms with E-state index in [4.69, 9.17) is 10.2 Å². The Morgan fingerprint density at radius 1 is 1.07 bits per heavy atom. The van der Waals surface area contributed by atoms with Crippen molar-refractivity contribution in [1.82, 2.24) is 9.88 Å². The molecule has 1 heterocycles. The van der Waals surface area contributed by atoms with Gasteiger partial charge in [0, 0.05) is 36.5 Å². The Kier molecular flexibility index (Phi) is 8.50. The number of carbonyl (C=O) groups is 2. The number of hydrogen-bond donors (Lipinski definition) is 2. The summed E-state index contributed by atoms with van der Waals surface area (Å²) >= 11 is 0. The third-order valence-corrected chi connectivity index (χ3v) is 4.89. The Hall–Kier alpha value is -3.25. The highest BCUT2D eigenvalue weighted by Crippen LogP contribution is 2.42. The fraction of sp³-hybridized carbons (Fsp3) is 0.292. The highest BCUT2D eigenvalue weighted by atomic mass is 16.4. The Bertz CT molecular complexity index is 917. The average molecular weight is 408 g/mol. The van der Waals surface area contributed by atoms with Gasteiger partial charge in [-0.15, -0.1) is 0 Å². The van der Waals surface area contributed by atoms with Gasteiger partial charge in [0.2, 0.25) is 0 Å². The zero-order valence-electron chi connectivity index (χ0n) is 17.6. The fourth-order valence-electron chi connectivity index (χ4n) is 3.50. The summed E-state index contributed by atoms with van der Waals surface area (Å²) in [6, 6.07) is 15.0. The van der Waals surface area contributed by atoms with Gasteiger partial charge in [0.25, 0.3) is 0 Å². The van der Waals surface area contributed by atoms with Crippen molar-refractivity contribution >= 4 is 17.5 Å². The van der Waals surface area contributed by atoms with Gasteiger partial charge in [-0.05, 0) is 55.8 Å². The van der Waals surface area contributed by atoms with Gasteiger partial charge in [0.15, 0.2) is 0 Å². The van der Waals surface area contributed by atoms with Gasteiger partial charge in [0.1, 0.15) is 0 Å². The highest BCUT2D eigenvalue weighted by Gasteiger charge is 2.26. The predicted molar refractivity (Wildman–Crippen MR) is 117 cm³/mol. The van der Waals surface area contributed by atoms with Crippen molar-refractivity contribution in [2.45, 2.75) is 25.7 Å². The van der Waals surface area contributed by atoms with Crippen LogP contribution in [0.3, 0.4) is 0 Å². The largest absolute Gasteiger partial charge is 0.478 e. The molecule has 6 heteroatoms. The monoisotopic (exact) mass is 408 g/mol. The molecular weight excluding hydrogens is 380 g/mol. The number of allylic oxidation sites excluding steroid dienone is 1. The SMILES string of the molecule is C[C@@H](C1=C(CCN(C)C)Cc2ccccc21)c1ccccn1.O=C(O)/C=C/C(=O)O. The second-order valence-electron chi connectivity index (χ2n) is 7.39. The van der Waals surface area contributed by atoms with E-state index in [1.165, 1.54) is 16.7 Å². The molecule has 0 radical (unpaired) electrons. The summed E-state index contributed by atoms with van der Waals surface area (Å²) in [7, 11) is 4.29. The summed E-state index contributed by atoms with van der Waals surface area (Å²) in [4.78, 5) is 26.0. The summed E-state index contributed by atoms with van der Waals surface area (Å²) in [6.45, 7) is 3.39. The number of carboxylic acids is 2. The van der Waals surface area contributed by atoms with Crippen LogP contribution in [-0.4, -0.2) is 52.7 Å². The van der Waals surface area contributed by atoms with Crippen molar-refractivity contribution in [3.05, 3.63) is 83.2 Å². The first-order valence-corrected chi connectivity index (χ1v) is 9.79. The molecule has 0 bridgehead atoms. The first-order chi connectivity index (χ1) is 14.3. The topological polar surface area (TPSA) is 90.7 Å². The smallest absolute Gasteiger partial charge is 0.328 e. The van der Waals surface area contributed by atoms with Crippen LogP contribution >= 0.6 is 0 Å². The van der Waals surface area contributed by atoms with Crippen LogP contribution in [0.4, 0.5) is 0 Å². The third-order valence-electron chi connectivity index (χ3n) is 4.89. The second-order valence-corrected chi connectivity index (χ2v) is 7.39. The molecule has 2 N–H and O–H groups in total. The van der Waals surface area contributed by atoms with Crippen molar-refractivity contribution in [3.63, 3.8) is 0 Å². The molecule has 30 heavy (non-hydrogen) atoms. The van der Waals surface area contributed by atoms with E-state index in [2.05, 4.69) is 67.3 Å². The molecule has 6 nitrogen and oxygen atoms in total. The Balaban J connectivity index is 0.000000343. The van der Waals surface area contributed by atoms with Crippen molar-refractivity contribution in [2.75, 3.05) is 20.6 Å². The molecule has 3 rings (SSSR count). The van der Waals surface area contributed by atoms with E-state index >= 15 is 0 Å². The second kappa shape index (κ2) is 11.1. The van der Waals surface area contributed by atoms with E-state index in [1.54, 1.807) is 5.57 Å². The zero-order chi connectivity index (χ0) is 22.1. The van der Waals surface area contributed by atoms with Gasteiger partial charge in [-0.3, -0.25) is 4.98 Å². The number of aliphatic carboxylic acids is 2. The molecule has 2 aromatic rings.